The fraction of sp³-hybridized carbons (Fsp3) is 0.455. The van der Waals surface area contributed by atoms with Crippen molar-refractivity contribution in [3.63, 3.8) is 0 Å². The largest absolute Gasteiger partial charge is 0.488 e. The standard InChI is InChI=1S/C11H13ClF2O5S/c1-17-4-5-18-6-7-19-8-2-3-9(20(12,15)16)11(14)10(8)13/h2-3H,4-7H2,1H3. The summed E-state index contributed by atoms with van der Waals surface area (Å²) in [5, 5.41) is 0. The van der Waals surface area contributed by atoms with Crippen molar-refractivity contribution in [2.45, 2.75) is 4.90 Å². The van der Waals surface area contributed by atoms with Crippen LogP contribution >= 0.6 is 10.7 Å². The van der Waals surface area contributed by atoms with Crippen LogP contribution in [0, 0.1) is 11.6 Å². The van der Waals surface area contributed by atoms with Gasteiger partial charge in [0.05, 0.1) is 19.8 Å². The lowest BCUT2D eigenvalue weighted by Crippen LogP contribution is -2.11. The van der Waals surface area contributed by atoms with Gasteiger partial charge in [-0.2, -0.15) is 4.39 Å². The maximum atomic E-state index is 13.5. The molecule has 114 valence electrons. The summed E-state index contributed by atoms with van der Waals surface area (Å²) in [6, 6.07) is 1.82. The van der Waals surface area contributed by atoms with Crippen LogP contribution in [0.2, 0.25) is 0 Å². The van der Waals surface area contributed by atoms with Gasteiger partial charge < -0.3 is 14.2 Å². The lowest BCUT2D eigenvalue weighted by molar-refractivity contribution is 0.0536. The highest BCUT2D eigenvalue weighted by Crippen LogP contribution is 2.27. The average Bonchev–Trinajstić information content (AvgIpc) is 2.37. The van der Waals surface area contributed by atoms with Gasteiger partial charge in [0.1, 0.15) is 11.5 Å². The Labute approximate surface area is 119 Å². The fourth-order valence-corrected chi connectivity index (χ4v) is 2.16. The number of benzene rings is 1. The second-order valence-corrected chi connectivity index (χ2v) is 6.12. The van der Waals surface area contributed by atoms with Gasteiger partial charge in [-0.1, -0.05) is 0 Å². The molecule has 0 N–H and O–H groups in total. The van der Waals surface area contributed by atoms with Crippen molar-refractivity contribution in [3.05, 3.63) is 23.8 Å². The Balaban J connectivity index is 2.63. The molecule has 0 saturated carbocycles. The quantitative estimate of drug-likeness (QED) is 0.538. The lowest BCUT2D eigenvalue weighted by Gasteiger charge is -2.09. The first kappa shape index (κ1) is 17.1. The summed E-state index contributed by atoms with van der Waals surface area (Å²) in [6.45, 7) is 0.887. The molecule has 20 heavy (non-hydrogen) atoms. The highest BCUT2D eigenvalue weighted by atomic mass is 35.7. The zero-order chi connectivity index (χ0) is 15.2. The molecule has 0 heterocycles. The van der Waals surface area contributed by atoms with Crippen LogP contribution in [0.15, 0.2) is 17.0 Å². The van der Waals surface area contributed by atoms with Crippen molar-refractivity contribution in [1.29, 1.82) is 0 Å². The summed E-state index contributed by atoms with van der Waals surface area (Å²) in [4.78, 5) is -0.930. The number of methoxy groups -OCH3 is 1. The van der Waals surface area contributed by atoms with E-state index in [2.05, 4.69) is 0 Å². The normalized spacial score (nSPS) is 11.6. The molecular weight excluding hydrogens is 318 g/mol. The van der Waals surface area contributed by atoms with Crippen LogP contribution in [0.4, 0.5) is 8.78 Å². The van der Waals surface area contributed by atoms with Gasteiger partial charge in [-0.25, -0.2) is 12.8 Å². The van der Waals surface area contributed by atoms with Crippen molar-refractivity contribution < 1.29 is 31.4 Å². The summed E-state index contributed by atoms with van der Waals surface area (Å²) < 4.78 is 63.7. The Morgan fingerprint density at radius 1 is 1.10 bits per heavy atom. The molecule has 0 fully saturated rings. The molecule has 0 radical (unpaired) electrons. The SMILES string of the molecule is COCCOCCOc1ccc(S(=O)(=O)Cl)c(F)c1F. The van der Waals surface area contributed by atoms with E-state index in [0.717, 1.165) is 12.1 Å². The average molecular weight is 331 g/mol. The van der Waals surface area contributed by atoms with Crippen molar-refractivity contribution >= 4 is 19.7 Å². The van der Waals surface area contributed by atoms with Crippen molar-refractivity contribution in [2.24, 2.45) is 0 Å². The summed E-state index contributed by atoms with van der Waals surface area (Å²) >= 11 is 0. The Hall–Kier alpha value is -0.960. The first-order chi connectivity index (χ1) is 9.38. The molecule has 0 aliphatic heterocycles. The van der Waals surface area contributed by atoms with Gasteiger partial charge in [0, 0.05) is 17.8 Å². The Bertz CT molecular complexity index is 550. The molecule has 0 aromatic heterocycles. The second kappa shape index (κ2) is 7.72. The molecule has 0 bridgehead atoms. The van der Waals surface area contributed by atoms with E-state index in [1.54, 1.807) is 0 Å². The van der Waals surface area contributed by atoms with Gasteiger partial charge in [0.2, 0.25) is 5.82 Å². The maximum Gasteiger partial charge on any atom is 0.264 e. The number of halogens is 3. The molecule has 1 aromatic carbocycles. The highest BCUT2D eigenvalue weighted by molar-refractivity contribution is 8.13. The lowest BCUT2D eigenvalue weighted by atomic mass is 10.3. The molecule has 0 aliphatic rings. The summed E-state index contributed by atoms with van der Waals surface area (Å²) in [5.74, 6) is -3.40. The van der Waals surface area contributed by atoms with Crippen LogP contribution in [0.25, 0.3) is 0 Å². The topological polar surface area (TPSA) is 61.8 Å². The van der Waals surface area contributed by atoms with E-state index >= 15 is 0 Å². The Morgan fingerprint density at radius 2 is 1.75 bits per heavy atom. The Kier molecular flexibility index (Phi) is 6.60. The summed E-state index contributed by atoms with van der Waals surface area (Å²) in [5.41, 5.74) is 0. The third kappa shape index (κ3) is 4.86. The number of hydrogen-bond acceptors (Lipinski definition) is 5. The third-order valence-corrected chi connectivity index (χ3v) is 3.53. The molecule has 0 aliphatic carbocycles. The number of rotatable bonds is 8. The molecule has 0 atom stereocenters. The predicted octanol–water partition coefficient (Wildman–Crippen LogP) is 1.93. The summed E-state index contributed by atoms with van der Waals surface area (Å²) in [7, 11) is 2.13. The minimum absolute atomic E-state index is 0.0208. The molecule has 0 spiro atoms. The van der Waals surface area contributed by atoms with Crippen LogP contribution in [0.5, 0.6) is 5.75 Å². The molecular formula is C11H13ClF2O5S. The third-order valence-electron chi connectivity index (χ3n) is 2.19. The van der Waals surface area contributed by atoms with Gasteiger partial charge in [0.25, 0.3) is 9.05 Å². The molecule has 1 aromatic rings. The van der Waals surface area contributed by atoms with Crippen LogP contribution in [-0.4, -0.2) is 42.0 Å². The Morgan fingerprint density at radius 3 is 2.35 bits per heavy atom. The van der Waals surface area contributed by atoms with Crippen LogP contribution in [0.1, 0.15) is 0 Å². The van der Waals surface area contributed by atoms with E-state index in [9.17, 15) is 17.2 Å². The minimum Gasteiger partial charge on any atom is -0.488 e. The zero-order valence-electron chi connectivity index (χ0n) is 10.6. The van der Waals surface area contributed by atoms with E-state index in [1.165, 1.54) is 7.11 Å². The fourth-order valence-electron chi connectivity index (χ4n) is 1.27. The van der Waals surface area contributed by atoms with Crippen LogP contribution in [0.3, 0.4) is 0 Å². The monoisotopic (exact) mass is 330 g/mol. The van der Waals surface area contributed by atoms with Gasteiger partial charge in [-0.3, -0.25) is 0 Å². The first-order valence-corrected chi connectivity index (χ1v) is 7.81. The second-order valence-electron chi connectivity index (χ2n) is 3.58. The van der Waals surface area contributed by atoms with Crippen LogP contribution in [-0.2, 0) is 18.5 Å². The van der Waals surface area contributed by atoms with Gasteiger partial charge in [-0.05, 0) is 12.1 Å². The number of hydrogen-bond donors (Lipinski definition) is 0. The van der Waals surface area contributed by atoms with Crippen molar-refractivity contribution in [1.82, 2.24) is 0 Å². The maximum absolute atomic E-state index is 13.5. The van der Waals surface area contributed by atoms with Crippen LogP contribution < -0.4 is 4.74 Å². The molecule has 5 nitrogen and oxygen atoms in total. The van der Waals surface area contributed by atoms with E-state index in [-0.39, 0.29) is 13.2 Å². The summed E-state index contributed by atoms with van der Waals surface area (Å²) in [6.07, 6.45) is 0. The van der Waals surface area contributed by atoms with Crippen molar-refractivity contribution in [3.8, 4) is 5.75 Å². The highest BCUT2D eigenvalue weighted by Gasteiger charge is 2.22. The molecule has 9 heteroatoms. The predicted molar refractivity (Wildman–Crippen MR) is 67.6 cm³/mol. The van der Waals surface area contributed by atoms with E-state index in [0.29, 0.717) is 13.2 Å². The molecule has 1 rings (SSSR count). The van der Waals surface area contributed by atoms with Crippen molar-refractivity contribution in [2.75, 3.05) is 33.5 Å². The molecule has 0 saturated heterocycles. The minimum atomic E-state index is -4.35. The molecule has 0 amide bonds. The number of ether oxygens (including phenoxy) is 3. The molecule has 0 unspecified atom stereocenters. The van der Waals surface area contributed by atoms with E-state index in [1.807, 2.05) is 0 Å². The van der Waals surface area contributed by atoms with Gasteiger partial charge >= 0.3 is 0 Å². The smallest absolute Gasteiger partial charge is 0.264 e. The van der Waals surface area contributed by atoms with Gasteiger partial charge in [-0.15, -0.1) is 0 Å². The van der Waals surface area contributed by atoms with Gasteiger partial charge in [0.15, 0.2) is 11.6 Å². The van der Waals surface area contributed by atoms with E-state index in [4.69, 9.17) is 24.9 Å². The zero-order valence-corrected chi connectivity index (χ0v) is 12.1. The van der Waals surface area contributed by atoms with E-state index < -0.39 is 31.3 Å². The first-order valence-electron chi connectivity index (χ1n) is 5.50.